The van der Waals surface area contributed by atoms with E-state index in [9.17, 15) is 9.59 Å². The van der Waals surface area contributed by atoms with Crippen LogP contribution in [0.4, 0.5) is 5.69 Å². The molecule has 0 bridgehead atoms. The Kier molecular flexibility index (Phi) is 4.29. The first-order valence-electron chi connectivity index (χ1n) is 6.30. The van der Waals surface area contributed by atoms with Gasteiger partial charge in [-0.15, -0.1) is 0 Å². The number of halogens is 1. The zero-order valence-corrected chi connectivity index (χ0v) is 12.4. The predicted molar refractivity (Wildman–Crippen MR) is 82.3 cm³/mol. The first-order chi connectivity index (χ1) is 9.88. The van der Waals surface area contributed by atoms with Crippen molar-refractivity contribution in [3.63, 3.8) is 0 Å². The van der Waals surface area contributed by atoms with Crippen LogP contribution >= 0.6 is 11.6 Å². The van der Waals surface area contributed by atoms with Crippen LogP contribution in [-0.2, 0) is 0 Å². The van der Waals surface area contributed by atoms with Gasteiger partial charge in [0, 0.05) is 16.3 Å². The summed E-state index contributed by atoms with van der Waals surface area (Å²) in [7, 11) is 0. The molecule has 1 amide bonds. The number of carboxylic acid groups (broad SMARTS) is 1. The lowest BCUT2D eigenvalue weighted by molar-refractivity contribution is 0.0696. The summed E-state index contributed by atoms with van der Waals surface area (Å²) in [5.74, 6) is -1.38. The first kappa shape index (κ1) is 15.1. The van der Waals surface area contributed by atoms with E-state index in [1.54, 1.807) is 0 Å². The quantitative estimate of drug-likeness (QED) is 0.903. The first-order valence-corrected chi connectivity index (χ1v) is 6.67. The number of rotatable bonds is 3. The van der Waals surface area contributed by atoms with Gasteiger partial charge in [-0.25, -0.2) is 4.79 Å². The molecular weight excluding hydrogens is 290 g/mol. The van der Waals surface area contributed by atoms with E-state index in [1.807, 2.05) is 32.0 Å². The van der Waals surface area contributed by atoms with E-state index in [1.165, 1.54) is 18.2 Å². The number of carbonyl (C=O) groups excluding carboxylic acids is 1. The van der Waals surface area contributed by atoms with Crippen LogP contribution in [0.15, 0.2) is 36.4 Å². The number of nitrogens with one attached hydrogen (secondary N) is 1. The monoisotopic (exact) mass is 303 g/mol. The van der Waals surface area contributed by atoms with E-state index in [-0.39, 0.29) is 16.5 Å². The van der Waals surface area contributed by atoms with Crippen molar-refractivity contribution in [1.29, 1.82) is 0 Å². The fourth-order valence-corrected chi connectivity index (χ4v) is 2.39. The molecule has 4 nitrogen and oxygen atoms in total. The molecular formula is C16H14ClNO3. The van der Waals surface area contributed by atoms with Crippen LogP contribution in [0.3, 0.4) is 0 Å². The van der Waals surface area contributed by atoms with Crippen LogP contribution in [0.2, 0.25) is 5.02 Å². The molecule has 0 saturated heterocycles. The Labute approximate surface area is 127 Å². The van der Waals surface area contributed by atoms with Gasteiger partial charge in [-0.1, -0.05) is 29.8 Å². The van der Waals surface area contributed by atoms with Crippen molar-refractivity contribution >= 4 is 29.2 Å². The Morgan fingerprint density at radius 1 is 1.10 bits per heavy atom. The minimum atomic E-state index is -1.10. The fraction of sp³-hybridized carbons (Fsp3) is 0.125. The van der Waals surface area contributed by atoms with Crippen molar-refractivity contribution in [3.05, 3.63) is 63.7 Å². The summed E-state index contributed by atoms with van der Waals surface area (Å²) < 4.78 is 0. The van der Waals surface area contributed by atoms with Crippen LogP contribution in [0.5, 0.6) is 0 Å². The summed E-state index contributed by atoms with van der Waals surface area (Å²) in [4.78, 5) is 23.3. The summed E-state index contributed by atoms with van der Waals surface area (Å²) in [6, 6.07) is 9.80. The van der Waals surface area contributed by atoms with Crippen molar-refractivity contribution in [3.8, 4) is 0 Å². The highest BCUT2D eigenvalue weighted by atomic mass is 35.5. The molecule has 0 saturated carbocycles. The van der Waals surface area contributed by atoms with Crippen molar-refractivity contribution < 1.29 is 14.7 Å². The van der Waals surface area contributed by atoms with Gasteiger partial charge in [0.1, 0.15) is 0 Å². The van der Waals surface area contributed by atoms with Gasteiger partial charge >= 0.3 is 5.97 Å². The van der Waals surface area contributed by atoms with Crippen molar-refractivity contribution in [2.75, 3.05) is 5.32 Å². The molecule has 0 aromatic heterocycles. The molecule has 0 radical (unpaired) electrons. The summed E-state index contributed by atoms with van der Waals surface area (Å²) in [5.41, 5.74) is 2.67. The predicted octanol–water partition coefficient (Wildman–Crippen LogP) is 3.91. The Morgan fingerprint density at radius 2 is 1.71 bits per heavy atom. The molecule has 0 unspecified atom stereocenters. The highest BCUT2D eigenvalue weighted by Gasteiger charge is 2.13. The Morgan fingerprint density at radius 3 is 2.29 bits per heavy atom. The molecule has 5 heteroatoms. The normalized spacial score (nSPS) is 10.2. The molecule has 0 aliphatic heterocycles. The lowest BCUT2D eigenvalue weighted by Crippen LogP contribution is -2.15. The minimum absolute atomic E-state index is 0.0271. The molecule has 2 aromatic rings. The number of anilines is 1. The number of aryl methyl sites for hydroxylation is 2. The number of benzene rings is 2. The maximum atomic E-state index is 12.3. The largest absolute Gasteiger partial charge is 0.478 e. The van der Waals surface area contributed by atoms with Crippen molar-refractivity contribution in [1.82, 2.24) is 0 Å². The minimum Gasteiger partial charge on any atom is -0.478 e. The maximum absolute atomic E-state index is 12.3. The van der Waals surface area contributed by atoms with Crippen molar-refractivity contribution in [2.45, 2.75) is 13.8 Å². The van der Waals surface area contributed by atoms with Gasteiger partial charge in [-0.3, -0.25) is 4.79 Å². The Bertz CT molecular complexity index is 705. The van der Waals surface area contributed by atoms with E-state index in [0.29, 0.717) is 11.3 Å². The molecule has 2 aromatic carbocycles. The molecule has 2 rings (SSSR count). The molecule has 108 valence electrons. The van der Waals surface area contributed by atoms with E-state index >= 15 is 0 Å². The average molecular weight is 304 g/mol. The van der Waals surface area contributed by atoms with Gasteiger partial charge in [-0.2, -0.15) is 0 Å². The van der Waals surface area contributed by atoms with Gasteiger partial charge in [0.25, 0.3) is 5.91 Å². The summed E-state index contributed by atoms with van der Waals surface area (Å²) in [6.45, 7) is 3.70. The Hall–Kier alpha value is -2.33. The maximum Gasteiger partial charge on any atom is 0.335 e. The number of hydrogen-bond donors (Lipinski definition) is 2. The Balaban J connectivity index is 2.34. The molecule has 2 N–H and O–H groups in total. The topological polar surface area (TPSA) is 66.4 Å². The second-order valence-electron chi connectivity index (χ2n) is 4.75. The van der Waals surface area contributed by atoms with Crippen LogP contribution in [-0.4, -0.2) is 17.0 Å². The highest BCUT2D eigenvalue weighted by molar-refractivity contribution is 6.31. The molecule has 0 heterocycles. The molecule has 0 aliphatic carbocycles. The zero-order chi connectivity index (χ0) is 15.6. The van der Waals surface area contributed by atoms with Gasteiger partial charge in [0.2, 0.25) is 0 Å². The molecule has 0 atom stereocenters. The summed E-state index contributed by atoms with van der Waals surface area (Å²) in [6.07, 6.45) is 0. The van der Waals surface area contributed by atoms with E-state index in [0.717, 1.165) is 11.1 Å². The molecule has 21 heavy (non-hydrogen) atoms. The number of hydrogen-bond acceptors (Lipinski definition) is 2. The lowest BCUT2D eigenvalue weighted by atomic mass is 10.0. The van der Waals surface area contributed by atoms with Gasteiger partial charge in [0.05, 0.1) is 5.56 Å². The second kappa shape index (κ2) is 5.97. The van der Waals surface area contributed by atoms with E-state index < -0.39 is 5.97 Å². The van der Waals surface area contributed by atoms with Gasteiger partial charge < -0.3 is 10.4 Å². The van der Waals surface area contributed by atoms with Crippen LogP contribution < -0.4 is 5.32 Å². The van der Waals surface area contributed by atoms with E-state index in [4.69, 9.17) is 16.7 Å². The van der Waals surface area contributed by atoms with Gasteiger partial charge in [0.15, 0.2) is 0 Å². The second-order valence-corrected chi connectivity index (χ2v) is 5.19. The number of amides is 1. The summed E-state index contributed by atoms with van der Waals surface area (Å²) >= 11 is 5.87. The van der Waals surface area contributed by atoms with Crippen LogP contribution in [0.25, 0.3) is 0 Å². The third kappa shape index (κ3) is 3.41. The smallest absolute Gasteiger partial charge is 0.335 e. The van der Waals surface area contributed by atoms with Crippen LogP contribution in [0.1, 0.15) is 31.8 Å². The molecule has 0 fully saturated rings. The third-order valence-corrected chi connectivity index (χ3v) is 3.33. The SMILES string of the molecule is Cc1cccc(C)c1C(=O)Nc1cc(Cl)cc(C(=O)O)c1. The third-order valence-electron chi connectivity index (χ3n) is 3.11. The molecule has 0 spiro atoms. The van der Waals surface area contributed by atoms with E-state index in [2.05, 4.69) is 5.32 Å². The summed E-state index contributed by atoms with van der Waals surface area (Å²) in [5, 5.41) is 11.9. The number of aromatic carboxylic acids is 1. The highest BCUT2D eigenvalue weighted by Crippen LogP contribution is 2.21. The number of carboxylic acids is 1. The molecule has 0 aliphatic rings. The number of carbonyl (C=O) groups is 2. The zero-order valence-electron chi connectivity index (χ0n) is 11.6. The lowest BCUT2D eigenvalue weighted by Gasteiger charge is -2.11. The average Bonchev–Trinajstić information content (AvgIpc) is 2.37. The van der Waals surface area contributed by atoms with Gasteiger partial charge in [-0.05, 0) is 43.2 Å². The van der Waals surface area contributed by atoms with Crippen molar-refractivity contribution in [2.24, 2.45) is 0 Å². The van der Waals surface area contributed by atoms with Crippen LogP contribution in [0, 0.1) is 13.8 Å². The standard InChI is InChI=1S/C16H14ClNO3/c1-9-4-3-5-10(2)14(9)15(19)18-13-7-11(16(20)21)6-12(17)8-13/h3-8H,1-2H3,(H,18,19)(H,20,21). The fourth-order valence-electron chi connectivity index (χ4n) is 2.15.